The third-order valence-electron chi connectivity index (χ3n) is 3.03. The van der Waals surface area contributed by atoms with Crippen molar-refractivity contribution in [1.29, 1.82) is 0 Å². The molecule has 5 nitrogen and oxygen atoms in total. The Morgan fingerprint density at radius 3 is 2.65 bits per heavy atom. The molecule has 0 aliphatic carbocycles. The second-order valence-electron chi connectivity index (χ2n) is 4.16. The summed E-state index contributed by atoms with van der Waals surface area (Å²) in [5.74, 6) is -0.407. The number of hydrogen-bond acceptors (Lipinski definition) is 4. The van der Waals surface area contributed by atoms with Gasteiger partial charge in [0.25, 0.3) is 6.04 Å². The molecule has 1 aliphatic heterocycles. The SMILES string of the molecule is O=C(c1ccccc1)C(C1CCCN1)[N+](=O)[O-]. The number of rotatable bonds is 4. The fourth-order valence-corrected chi connectivity index (χ4v) is 2.18. The zero-order chi connectivity index (χ0) is 12.3. The molecule has 5 heteroatoms. The van der Waals surface area contributed by atoms with Gasteiger partial charge in [-0.25, -0.2) is 0 Å². The van der Waals surface area contributed by atoms with Crippen molar-refractivity contribution in [3.8, 4) is 0 Å². The number of carbonyl (C=O) groups excluding carboxylic acids is 1. The van der Waals surface area contributed by atoms with Crippen molar-refractivity contribution in [3.05, 3.63) is 46.0 Å². The summed E-state index contributed by atoms with van der Waals surface area (Å²) in [6.07, 6.45) is 1.57. The summed E-state index contributed by atoms with van der Waals surface area (Å²) < 4.78 is 0. The molecule has 0 spiro atoms. The highest BCUT2D eigenvalue weighted by Gasteiger charge is 2.40. The average molecular weight is 234 g/mol. The summed E-state index contributed by atoms with van der Waals surface area (Å²) in [6, 6.07) is 6.95. The maximum Gasteiger partial charge on any atom is 0.289 e. The van der Waals surface area contributed by atoms with Gasteiger partial charge in [-0.1, -0.05) is 30.3 Å². The van der Waals surface area contributed by atoms with E-state index in [1.54, 1.807) is 30.3 Å². The van der Waals surface area contributed by atoms with Gasteiger partial charge >= 0.3 is 0 Å². The number of nitrogens with one attached hydrogen (secondary N) is 1. The van der Waals surface area contributed by atoms with E-state index in [0.29, 0.717) is 12.0 Å². The Balaban J connectivity index is 2.22. The third kappa shape index (κ3) is 2.50. The molecule has 1 N–H and O–H groups in total. The van der Waals surface area contributed by atoms with Crippen LogP contribution in [0.15, 0.2) is 30.3 Å². The molecule has 90 valence electrons. The zero-order valence-electron chi connectivity index (χ0n) is 9.33. The average Bonchev–Trinajstić information content (AvgIpc) is 2.83. The van der Waals surface area contributed by atoms with Crippen molar-refractivity contribution in [1.82, 2.24) is 5.32 Å². The van der Waals surface area contributed by atoms with Gasteiger partial charge in [0.05, 0.1) is 6.04 Å². The van der Waals surface area contributed by atoms with Crippen molar-refractivity contribution in [3.63, 3.8) is 0 Å². The van der Waals surface area contributed by atoms with Crippen LogP contribution in [0.1, 0.15) is 23.2 Å². The number of nitrogens with zero attached hydrogens (tertiary/aromatic N) is 1. The van der Waals surface area contributed by atoms with E-state index >= 15 is 0 Å². The standard InChI is InChI=1S/C12H14N2O3/c15-12(9-5-2-1-3-6-9)11(14(16)17)10-7-4-8-13-10/h1-3,5-6,10-11,13H,4,7-8H2. The van der Waals surface area contributed by atoms with Crippen molar-refractivity contribution in [2.75, 3.05) is 6.54 Å². The van der Waals surface area contributed by atoms with Crippen LogP contribution in [0.3, 0.4) is 0 Å². The molecule has 1 aromatic carbocycles. The smallest absolute Gasteiger partial charge is 0.289 e. The van der Waals surface area contributed by atoms with Crippen molar-refractivity contribution >= 4 is 5.78 Å². The number of ketones is 1. The predicted octanol–water partition coefficient (Wildman–Crippen LogP) is 1.27. The fraction of sp³-hybridized carbons (Fsp3) is 0.417. The van der Waals surface area contributed by atoms with Crippen LogP contribution in [-0.2, 0) is 0 Å². The van der Waals surface area contributed by atoms with E-state index in [-0.39, 0.29) is 6.04 Å². The van der Waals surface area contributed by atoms with E-state index in [1.807, 2.05) is 0 Å². The maximum absolute atomic E-state index is 12.1. The molecule has 0 saturated carbocycles. The highest BCUT2D eigenvalue weighted by molar-refractivity contribution is 5.99. The van der Waals surface area contributed by atoms with Gasteiger partial charge in [0.15, 0.2) is 0 Å². The Morgan fingerprint density at radius 2 is 2.12 bits per heavy atom. The van der Waals surface area contributed by atoms with Gasteiger partial charge in [-0.05, 0) is 19.4 Å². The Kier molecular flexibility index (Phi) is 3.49. The molecule has 2 rings (SSSR count). The minimum atomic E-state index is -1.17. The molecule has 1 fully saturated rings. The lowest BCUT2D eigenvalue weighted by atomic mass is 9.97. The highest BCUT2D eigenvalue weighted by Crippen LogP contribution is 2.16. The van der Waals surface area contributed by atoms with Gasteiger partial charge in [0, 0.05) is 10.5 Å². The van der Waals surface area contributed by atoms with Crippen LogP contribution in [0.5, 0.6) is 0 Å². The van der Waals surface area contributed by atoms with Gasteiger partial charge in [0.2, 0.25) is 5.78 Å². The van der Waals surface area contributed by atoms with Crippen LogP contribution in [0.2, 0.25) is 0 Å². The van der Waals surface area contributed by atoms with Gasteiger partial charge < -0.3 is 5.32 Å². The molecule has 0 amide bonds. The number of carbonyl (C=O) groups is 1. The highest BCUT2D eigenvalue weighted by atomic mass is 16.6. The molecule has 1 aromatic rings. The van der Waals surface area contributed by atoms with Gasteiger partial charge in [-0.2, -0.15) is 0 Å². The predicted molar refractivity (Wildman–Crippen MR) is 62.6 cm³/mol. The Morgan fingerprint density at radius 1 is 1.41 bits per heavy atom. The quantitative estimate of drug-likeness (QED) is 0.483. The lowest BCUT2D eigenvalue weighted by Gasteiger charge is -2.15. The van der Waals surface area contributed by atoms with Crippen molar-refractivity contribution in [2.45, 2.75) is 24.9 Å². The van der Waals surface area contributed by atoms with Gasteiger partial charge in [0.1, 0.15) is 0 Å². The molecule has 0 radical (unpaired) electrons. The molecular weight excluding hydrogens is 220 g/mol. The first kappa shape index (κ1) is 11.7. The summed E-state index contributed by atoms with van der Waals surface area (Å²) in [4.78, 5) is 22.7. The van der Waals surface area contributed by atoms with E-state index < -0.39 is 16.7 Å². The van der Waals surface area contributed by atoms with Crippen LogP contribution in [-0.4, -0.2) is 29.3 Å². The Hall–Kier alpha value is -1.75. The molecule has 1 aliphatic rings. The minimum absolute atomic E-state index is 0.335. The fourth-order valence-electron chi connectivity index (χ4n) is 2.18. The normalized spacial score (nSPS) is 21.1. The summed E-state index contributed by atoms with van der Waals surface area (Å²) in [7, 11) is 0. The molecule has 1 heterocycles. The monoisotopic (exact) mass is 234 g/mol. The molecule has 2 unspecified atom stereocenters. The second kappa shape index (κ2) is 5.05. The van der Waals surface area contributed by atoms with Gasteiger partial charge in [-0.3, -0.25) is 14.9 Å². The number of benzene rings is 1. The summed E-state index contributed by atoms with van der Waals surface area (Å²) in [5, 5.41) is 14.1. The first-order valence-corrected chi connectivity index (χ1v) is 5.66. The Labute approximate surface area is 99.0 Å². The van der Waals surface area contributed by atoms with Crippen LogP contribution in [0.25, 0.3) is 0 Å². The minimum Gasteiger partial charge on any atom is -0.308 e. The van der Waals surface area contributed by atoms with Crippen LogP contribution in [0.4, 0.5) is 0 Å². The van der Waals surface area contributed by atoms with E-state index in [4.69, 9.17) is 0 Å². The van der Waals surface area contributed by atoms with Crippen LogP contribution >= 0.6 is 0 Å². The lowest BCUT2D eigenvalue weighted by molar-refractivity contribution is -0.508. The number of Topliss-reactive ketones (excluding diaryl/α,β-unsaturated/α-hetero) is 1. The summed E-state index contributed by atoms with van der Waals surface area (Å²) >= 11 is 0. The summed E-state index contributed by atoms with van der Waals surface area (Å²) in [6.45, 7) is 0.747. The first-order valence-electron chi connectivity index (χ1n) is 5.66. The van der Waals surface area contributed by atoms with Crippen molar-refractivity contribution < 1.29 is 9.72 Å². The van der Waals surface area contributed by atoms with E-state index in [2.05, 4.69) is 5.32 Å². The van der Waals surface area contributed by atoms with Gasteiger partial charge in [-0.15, -0.1) is 0 Å². The van der Waals surface area contributed by atoms with Crippen molar-refractivity contribution in [2.24, 2.45) is 0 Å². The number of nitro groups is 1. The first-order chi connectivity index (χ1) is 8.20. The van der Waals surface area contributed by atoms with E-state index in [9.17, 15) is 14.9 Å². The lowest BCUT2D eigenvalue weighted by Crippen LogP contribution is -2.45. The van der Waals surface area contributed by atoms with Crippen LogP contribution < -0.4 is 5.32 Å². The third-order valence-corrected chi connectivity index (χ3v) is 3.03. The van der Waals surface area contributed by atoms with Crippen LogP contribution in [0, 0.1) is 10.1 Å². The largest absolute Gasteiger partial charge is 0.308 e. The molecular formula is C12H14N2O3. The van der Waals surface area contributed by atoms with E-state index in [1.165, 1.54) is 0 Å². The summed E-state index contributed by atoms with van der Waals surface area (Å²) in [5.41, 5.74) is 0.405. The second-order valence-corrected chi connectivity index (χ2v) is 4.16. The molecule has 2 atom stereocenters. The Bertz CT molecular complexity index is 413. The molecule has 0 aromatic heterocycles. The molecule has 1 saturated heterocycles. The van der Waals surface area contributed by atoms with E-state index in [0.717, 1.165) is 13.0 Å². The zero-order valence-corrected chi connectivity index (χ0v) is 9.33. The number of hydrogen-bond donors (Lipinski definition) is 1. The topological polar surface area (TPSA) is 72.2 Å². The molecule has 17 heavy (non-hydrogen) atoms. The maximum atomic E-state index is 12.1. The molecule has 0 bridgehead atoms.